The van der Waals surface area contributed by atoms with Crippen molar-refractivity contribution in [1.82, 2.24) is 4.90 Å². The molecule has 0 aliphatic heterocycles. The van der Waals surface area contributed by atoms with Gasteiger partial charge in [-0.15, -0.1) is 11.8 Å². The first-order valence-electron chi connectivity index (χ1n) is 7.51. The summed E-state index contributed by atoms with van der Waals surface area (Å²) in [5.41, 5.74) is 1.04. The van der Waals surface area contributed by atoms with Gasteiger partial charge in [0.15, 0.2) is 0 Å². The lowest BCUT2D eigenvalue weighted by Gasteiger charge is -2.42. The Morgan fingerprint density at radius 2 is 2.00 bits per heavy atom. The first kappa shape index (κ1) is 16.4. The minimum absolute atomic E-state index is 0.238. The molecule has 21 heavy (non-hydrogen) atoms. The average Bonchev–Trinajstić information content (AvgIpc) is 2.44. The van der Waals surface area contributed by atoms with Crippen molar-refractivity contribution < 1.29 is 9.53 Å². The number of nitrogens with zero attached hydrogens (tertiary/aromatic N) is 1. The van der Waals surface area contributed by atoms with Crippen LogP contribution < -0.4 is 0 Å². The third-order valence-electron chi connectivity index (χ3n) is 4.25. The van der Waals surface area contributed by atoms with E-state index < -0.39 is 0 Å². The number of benzene rings is 1. The van der Waals surface area contributed by atoms with Crippen LogP contribution in [0.5, 0.6) is 0 Å². The molecule has 116 valence electrons. The lowest BCUT2D eigenvalue weighted by Crippen LogP contribution is -2.49. The first-order chi connectivity index (χ1) is 10.1. The summed E-state index contributed by atoms with van der Waals surface area (Å²) in [6.45, 7) is 3.43. The molecular formula is C17H25NO2S. The molecule has 1 aliphatic carbocycles. The van der Waals surface area contributed by atoms with Crippen LogP contribution >= 0.6 is 11.8 Å². The number of ether oxygens (including phenoxy) is 1. The zero-order chi connectivity index (χ0) is 15.3. The highest BCUT2D eigenvalue weighted by atomic mass is 32.2. The number of amides is 1. The molecule has 2 rings (SSSR count). The molecule has 0 atom stereocenters. The van der Waals surface area contributed by atoms with E-state index in [9.17, 15) is 4.79 Å². The van der Waals surface area contributed by atoms with Crippen molar-refractivity contribution >= 4 is 17.7 Å². The fraction of sp³-hybridized carbons (Fsp3) is 0.588. The molecule has 0 unspecified atom stereocenters. The fourth-order valence-corrected chi connectivity index (χ4v) is 3.67. The molecule has 1 saturated carbocycles. The van der Waals surface area contributed by atoms with E-state index in [0.29, 0.717) is 6.61 Å². The Balaban J connectivity index is 1.80. The maximum absolute atomic E-state index is 12.6. The van der Waals surface area contributed by atoms with Crippen molar-refractivity contribution in [3.63, 3.8) is 0 Å². The zero-order valence-corrected chi connectivity index (χ0v) is 14.0. The predicted octanol–water partition coefficient (Wildman–Crippen LogP) is 3.36. The Labute approximate surface area is 132 Å². The van der Waals surface area contributed by atoms with Gasteiger partial charge in [0.25, 0.3) is 0 Å². The zero-order valence-electron chi connectivity index (χ0n) is 13.2. The van der Waals surface area contributed by atoms with Crippen LogP contribution in [0.1, 0.15) is 24.8 Å². The normalized spacial score (nSPS) is 16.3. The lowest BCUT2D eigenvalue weighted by atomic mass is 9.68. The fourth-order valence-electron chi connectivity index (χ4n) is 2.74. The molecular weight excluding hydrogens is 282 g/mol. The van der Waals surface area contributed by atoms with Crippen LogP contribution in [0.2, 0.25) is 0 Å². The molecule has 1 aromatic carbocycles. The average molecular weight is 307 g/mol. The molecule has 1 aliphatic rings. The molecule has 1 aromatic rings. The van der Waals surface area contributed by atoms with Crippen molar-refractivity contribution in [2.45, 2.75) is 31.1 Å². The Bertz CT molecular complexity index is 468. The molecule has 0 saturated heterocycles. The summed E-state index contributed by atoms with van der Waals surface area (Å²) in [5, 5.41) is 0. The second-order valence-electron chi connectivity index (χ2n) is 5.96. The van der Waals surface area contributed by atoms with E-state index in [1.54, 1.807) is 18.9 Å². The highest BCUT2D eigenvalue weighted by Gasteiger charge is 2.45. The van der Waals surface area contributed by atoms with Crippen molar-refractivity contribution in [2.75, 3.05) is 33.1 Å². The SMILES string of the molecule is COCC1(C(=O)N(C)CCSc2ccc(C)cc2)CCC1. The van der Waals surface area contributed by atoms with Crippen LogP contribution in [-0.4, -0.2) is 43.9 Å². The highest BCUT2D eigenvalue weighted by Crippen LogP contribution is 2.42. The summed E-state index contributed by atoms with van der Waals surface area (Å²) in [6, 6.07) is 8.53. The predicted molar refractivity (Wildman–Crippen MR) is 87.7 cm³/mol. The van der Waals surface area contributed by atoms with Crippen LogP contribution in [-0.2, 0) is 9.53 Å². The van der Waals surface area contributed by atoms with Gasteiger partial charge in [-0.3, -0.25) is 4.79 Å². The van der Waals surface area contributed by atoms with Gasteiger partial charge in [0, 0.05) is 31.4 Å². The second-order valence-corrected chi connectivity index (χ2v) is 7.12. The van der Waals surface area contributed by atoms with Gasteiger partial charge in [-0.1, -0.05) is 24.1 Å². The summed E-state index contributed by atoms with van der Waals surface area (Å²) in [5.74, 6) is 1.18. The molecule has 4 heteroatoms. The van der Waals surface area contributed by atoms with Gasteiger partial charge in [-0.2, -0.15) is 0 Å². The smallest absolute Gasteiger partial charge is 0.230 e. The third-order valence-corrected chi connectivity index (χ3v) is 5.24. The van der Waals surface area contributed by atoms with Crippen LogP contribution in [0.15, 0.2) is 29.2 Å². The number of hydrogen-bond donors (Lipinski definition) is 0. The summed E-state index contributed by atoms with van der Waals surface area (Å²) in [6.07, 6.45) is 3.07. The minimum atomic E-state index is -0.238. The van der Waals surface area contributed by atoms with Gasteiger partial charge in [0.1, 0.15) is 0 Å². The maximum Gasteiger partial charge on any atom is 0.230 e. The van der Waals surface area contributed by atoms with Gasteiger partial charge in [-0.25, -0.2) is 0 Å². The molecule has 0 spiro atoms. The van der Waals surface area contributed by atoms with Gasteiger partial charge < -0.3 is 9.64 Å². The van der Waals surface area contributed by atoms with Gasteiger partial charge >= 0.3 is 0 Å². The number of rotatable bonds is 7. The summed E-state index contributed by atoms with van der Waals surface area (Å²) < 4.78 is 5.25. The van der Waals surface area contributed by atoms with E-state index in [1.165, 1.54) is 10.5 Å². The molecule has 1 fully saturated rings. The summed E-state index contributed by atoms with van der Waals surface area (Å²) >= 11 is 1.80. The molecule has 0 heterocycles. The minimum Gasteiger partial charge on any atom is -0.384 e. The van der Waals surface area contributed by atoms with Crippen LogP contribution in [0.3, 0.4) is 0 Å². The monoisotopic (exact) mass is 307 g/mol. The number of methoxy groups -OCH3 is 1. The number of thioether (sulfide) groups is 1. The van der Waals surface area contributed by atoms with E-state index >= 15 is 0 Å². The molecule has 0 bridgehead atoms. The third kappa shape index (κ3) is 4.01. The number of hydrogen-bond acceptors (Lipinski definition) is 3. The first-order valence-corrected chi connectivity index (χ1v) is 8.50. The van der Waals surface area contributed by atoms with Crippen molar-refractivity contribution in [3.05, 3.63) is 29.8 Å². The Kier molecular flexibility index (Phi) is 5.71. The summed E-state index contributed by atoms with van der Waals surface area (Å²) in [4.78, 5) is 15.7. The molecule has 0 radical (unpaired) electrons. The molecule has 3 nitrogen and oxygen atoms in total. The van der Waals surface area contributed by atoms with E-state index in [1.807, 2.05) is 11.9 Å². The summed E-state index contributed by atoms with van der Waals surface area (Å²) in [7, 11) is 3.59. The largest absolute Gasteiger partial charge is 0.384 e. The number of carbonyl (C=O) groups excluding carboxylic acids is 1. The number of aryl methyl sites for hydroxylation is 1. The molecule has 0 aromatic heterocycles. The van der Waals surface area contributed by atoms with Crippen molar-refractivity contribution in [2.24, 2.45) is 5.41 Å². The molecule has 1 amide bonds. The van der Waals surface area contributed by atoms with Crippen LogP contribution in [0.4, 0.5) is 0 Å². The Hall–Kier alpha value is -1.00. The van der Waals surface area contributed by atoms with E-state index in [4.69, 9.17) is 4.74 Å². The highest BCUT2D eigenvalue weighted by molar-refractivity contribution is 7.99. The Morgan fingerprint density at radius 1 is 1.33 bits per heavy atom. The molecule has 0 N–H and O–H groups in total. The Morgan fingerprint density at radius 3 is 2.52 bits per heavy atom. The standard InChI is InChI=1S/C17H25NO2S/c1-14-5-7-15(8-6-14)21-12-11-18(2)16(19)17(13-20-3)9-4-10-17/h5-8H,4,9-13H2,1-3H3. The van der Waals surface area contributed by atoms with Gasteiger partial charge in [-0.05, 0) is 31.9 Å². The topological polar surface area (TPSA) is 29.5 Å². The van der Waals surface area contributed by atoms with Crippen molar-refractivity contribution in [3.8, 4) is 0 Å². The quantitative estimate of drug-likeness (QED) is 0.723. The van der Waals surface area contributed by atoms with E-state index in [2.05, 4.69) is 31.2 Å². The van der Waals surface area contributed by atoms with Crippen molar-refractivity contribution in [1.29, 1.82) is 0 Å². The van der Waals surface area contributed by atoms with E-state index in [-0.39, 0.29) is 11.3 Å². The van der Waals surface area contributed by atoms with E-state index in [0.717, 1.165) is 31.6 Å². The second kappa shape index (κ2) is 7.32. The van der Waals surface area contributed by atoms with Crippen LogP contribution in [0, 0.1) is 12.3 Å². The lowest BCUT2D eigenvalue weighted by molar-refractivity contribution is -0.150. The van der Waals surface area contributed by atoms with Crippen LogP contribution in [0.25, 0.3) is 0 Å². The van der Waals surface area contributed by atoms with Gasteiger partial charge in [0.2, 0.25) is 5.91 Å². The van der Waals surface area contributed by atoms with Gasteiger partial charge in [0.05, 0.1) is 12.0 Å². The maximum atomic E-state index is 12.6. The number of carbonyl (C=O) groups is 1.